The van der Waals surface area contributed by atoms with Crippen molar-refractivity contribution >= 4 is 17.9 Å². The number of rotatable bonds is 5. The molecule has 1 aromatic rings. The highest BCUT2D eigenvalue weighted by Gasteiger charge is 1.99. The summed E-state index contributed by atoms with van der Waals surface area (Å²) in [4.78, 5) is 10.5. The number of primary amides is 1. The molecule has 0 aliphatic rings. The first-order valence-corrected chi connectivity index (χ1v) is 5.73. The molecule has 0 bridgehead atoms. The SMILES string of the molecule is N#C[CH]CSCc1ccc(OC(N)=O)cc1. The number of hydrogen-bond acceptors (Lipinski definition) is 4. The molecule has 1 rings (SSSR count). The van der Waals surface area contributed by atoms with Gasteiger partial charge in [0.15, 0.2) is 0 Å². The number of amides is 1. The van der Waals surface area contributed by atoms with Crippen LogP contribution >= 0.6 is 11.8 Å². The summed E-state index contributed by atoms with van der Waals surface area (Å²) in [6.45, 7) is 0. The Morgan fingerprint density at radius 3 is 2.75 bits per heavy atom. The van der Waals surface area contributed by atoms with E-state index in [9.17, 15) is 4.79 Å². The van der Waals surface area contributed by atoms with Crippen molar-refractivity contribution in [1.82, 2.24) is 0 Å². The van der Waals surface area contributed by atoms with E-state index in [0.717, 1.165) is 11.3 Å². The lowest BCUT2D eigenvalue weighted by molar-refractivity contribution is 0.211. The number of thioether (sulfide) groups is 1. The highest BCUT2D eigenvalue weighted by molar-refractivity contribution is 7.98. The molecule has 2 N–H and O–H groups in total. The lowest BCUT2D eigenvalue weighted by atomic mass is 10.2. The Morgan fingerprint density at radius 2 is 2.19 bits per heavy atom. The third kappa shape index (κ3) is 4.71. The molecular formula is C11H11N2O2S. The maximum atomic E-state index is 10.5. The third-order valence-corrected chi connectivity index (χ3v) is 2.64. The molecule has 1 amide bonds. The van der Waals surface area contributed by atoms with Gasteiger partial charge in [-0.05, 0) is 17.7 Å². The molecule has 5 heteroatoms. The summed E-state index contributed by atoms with van der Waals surface area (Å²) >= 11 is 1.64. The van der Waals surface area contributed by atoms with Gasteiger partial charge in [-0.2, -0.15) is 17.0 Å². The number of hydrogen-bond donors (Lipinski definition) is 1. The Bertz CT molecular complexity index is 384. The zero-order valence-electron chi connectivity index (χ0n) is 8.55. The first-order chi connectivity index (χ1) is 7.72. The predicted molar refractivity (Wildman–Crippen MR) is 62.7 cm³/mol. The number of nitrogens with two attached hydrogens (primary N) is 1. The number of nitriles is 1. The summed E-state index contributed by atoms with van der Waals surface area (Å²) < 4.78 is 4.70. The average molecular weight is 235 g/mol. The van der Waals surface area contributed by atoms with Crippen molar-refractivity contribution in [3.63, 3.8) is 0 Å². The Hall–Kier alpha value is -1.67. The summed E-state index contributed by atoms with van der Waals surface area (Å²) in [5, 5.41) is 8.30. The topological polar surface area (TPSA) is 76.1 Å². The maximum absolute atomic E-state index is 10.5. The van der Waals surface area contributed by atoms with E-state index in [4.69, 9.17) is 15.7 Å². The zero-order valence-corrected chi connectivity index (χ0v) is 9.37. The fraction of sp³-hybridized carbons (Fsp3) is 0.182. The first kappa shape index (κ1) is 12.4. The lowest BCUT2D eigenvalue weighted by Gasteiger charge is -2.02. The van der Waals surface area contributed by atoms with E-state index in [1.165, 1.54) is 0 Å². The molecule has 0 aliphatic carbocycles. The van der Waals surface area contributed by atoms with Crippen LogP contribution in [0.2, 0.25) is 0 Å². The van der Waals surface area contributed by atoms with E-state index < -0.39 is 6.09 Å². The van der Waals surface area contributed by atoms with Gasteiger partial charge in [0, 0.05) is 11.5 Å². The largest absolute Gasteiger partial charge is 0.411 e. The molecule has 4 nitrogen and oxygen atoms in total. The molecule has 0 spiro atoms. The molecule has 83 valence electrons. The van der Waals surface area contributed by atoms with E-state index in [1.807, 2.05) is 18.2 Å². The van der Waals surface area contributed by atoms with Crippen molar-refractivity contribution in [2.45, 2.75) is 5.75 Å². The smallest absolute Gasteiger partial charge is 0.409 e. The van der Waals surface area contributed by atoms with Crippen LogP contribution in [0.3, 0.4) is 0 Å². The highest BCUT2D eigenvalue weighted by atomic mass is 32.2. The quantitative estimate of drug-likeness (QED) is 0.793. The van der Waals surface area contributed by atoms with Crippen molar-refractivity contribution in [2.75, 3.05) is 5.75 Å². The molecule has 0 saturated heterocycles. The highest BCUT2D eigenvalue weighted by Crippen LogP contribution is 2.17. The number of nitrogens with zero attached hydrogens (tertiary/aromatic N) is 1. The Labute approximate surface area is 98.4 Å². The van der Waals surface area contributed by atoms with E-state index in [1.54, 1.807) is 30.3 Å². The second kappa shape index (κ2) is 6.75. The Kier molecular flexibility index (Phi) is 5.23. The van der Waals surface area contributed by atoms with Gasteiger partial charge in [0.05, 0.1) is 12.5 Å². The molecule has 1 radical (unpaired) electrons. The van der Waals surface area contributed by atoms with Gasteiger partial charge in [-0.25, -0.2) is 4.79 Å². The Balaban J connectivity index is 2.39. The van der Waals surface area contributed by atoms with Crippen LogP contribution in [-0.2, 0) is 5.75 Å². The molecular weight excluding hydrogens is 224 g/mol. The van der Waals surface area contributed by atoms with Crippen LogP contribution < -0.4 is 10.5 Å². The summed E-state index contributed by atoms with van der Waals surface area (Å²) in [5.41, 5.74) is 5.98. The maximum Gasteiger partial charge on any atom is 0.409 e. The minimum atomic E-state index is -0.814. The van der Waals surface area contributed by atoms with Gasteiger partial charge in [0.1, 0.15) is 5.75 Å². The van der Waals surface area contributed by atoms with Crippen LogP contribution in [0, 0.1) is 17.8 Å². The summed E-state index contributed by atoms with van der Waals surface area (Å²) in [5.74, 6) is 1.95. The minimum Gasteiger partial charge on any atom is -0.411 e. The summed E-state index contributed by atoms with van der Waals surface area (Å²) in [7, 11) is 0. The van der Waals surface area contributed by atoms with Crippen LogP contribution in [0.1, 0.15) is 5.56 Å². The van der Waals surface area contributed by atoms with Crippen molar-refractivity contribution in [3.05, 3.63) is 36.2 Å². The van der Waals surface area contributed by atoms with Gasteiger partial charge in [0.2, 0.25) is 0 Å². The normalized spacial score (nSPS) is 9.44. The second-order valence-corrected chi connectivity index (χ2v) is 3.94. The summed E-state index contributed by atoms with van der Waals surface area (Å²) in [6.07, 6.45) is 0.737. The standard InChI is InChI=1S/C11H11N2O2S/c12-6-1-7-16-8-9-2-4-10(5-3-9)15-11(13)14/h1-5H,7-8H2,(H2,13,14). The first-order valence-electron chi connectivity index (χ1n) is 4.57. The Morgan fingerprint density at radius 1 is 1.50 bits per heavy atom. The molecule has 16 heavy (non-hydrogen) atoms. The molecule has 0 atom stereocenters. The van der Waals surface area contributed by atoms with Gasteiger partial charge in [-0.1, -0.05) is 12.1 Å². The summed E-state index contributed by atoms with van der Waals surface area (Å²) in [6, 6.07) is 9.06. The number of carbonyl (C=O) groups is 1. The number of ether oxygens (including phenoxy) is 1. The monoisotopic (exact) mass is 235 g/mol. The van der Waals surface area contributed by atoms with Crippen molar-refractivity contribution in [2.24, 2.45) is 5.73 Å². The van der Waals surface area contributed by atoms with Crippen LogP contribution in [-0.4, -0.2) is 11.8 Å². The van der Waals surface area contributed by atoms with Gasteiger partial charge in [-0.15, -0.1) is 0 Å². The fourth-order valence-corrected chi connectivity index (χ4v) is 1.78. The predicted octanol–water partition coefficient (Wildman–Crippen LogP) is 2.11. The average Bonchev–Trinajstić information content (AvgIpc) is 2.26. The van der Waals surface area contributed by atoms with E-state index in [2.05, 4.69) is 0 Å². The van der Waals surface area contributed by atoms with Crippen molar-refractivity contribution in [3.8, 4) is 11.8 Å². The van der Waals surface area contributed by atoms with Crippen LogP contribution in [0.15, 0.2) is 24.3 Å². The van der Waals surface area contributed by atoms with Gasteiger partial charge >= 0.3 is 6.09 Å². The van der Waals surface area contributed by atoms with Crippen LogP contribution in [0.25, 0.3) is 0 Å². The van der Waals surface area contributed by atoms with E-state index in [-0.39, 0.29) is 0 Å². The van der Waals surface area contributed by atoms with Crippen molar-refractivity contribution in [1.29, 1.82) is 5.26 Å². The molecule has 0 heterocycles. The zero-order chi connectivity index (χ0) is 11.8. The molecule has 0 aromatic heterocycles. The van der Waals surface area contributed by atoms with Crippen LogP contribution in [0.5, 0.6) is 5.75 Å². The second-order valence-electron chi connectivity index (χ2n) is 2.91. The van der Waals surface area contributed by atoms with E-state index in [0.29, 0.717) is 11.5 Å². The molecule has 0 fully saturated rings. The molecule has 0 unspecified atom stereocenters. The van der Waals surface area contributed by atoms with Crippen LogP contribution in [0.4, 0.5) is 4.79 Å². The van der Waals surface area contributed by atoms with Crippen molar-refractivity contribution < 1.29 is 9.53 Å². The molecule has 0 saturated carbocycles. The number of carbonyl (C=O) groups excluding carboxylic acids is 1. The minimum absolute atomic E-state index is 0.435. The molecule has 1 aromatic carbocycles. The fourth-order valence-electron chi connectivity index (χ4n) is 1.04. The van der Waals surface area contributed by atoms with Gasteiger partial charge in [-0.3, -0.25) is 0 Å². The number of benzene rings is 1. The molecule has 0 aliphatic heterocycles. The van der Waals surface area contributed by atoms with Gasteiger partial charge in [0.25, 0.3) is 0 Å². The van der Waals surface area contributed by atoms with E-state index >= 15 is 0 Å². The lowest BCUT2D eigenvalue weighted by Crippen LogP contribution is -2.16. The van der Waals surface area contributed by atoms with Gasteiger partial charge < -0.3 is 10.5 Å². The third-order valence-electron chi connectivity index (χ3n) is 1.70.